The number of carbonyl (C=O) groups excluding carboxylic acids is 2. The van der Waals surface area contributed by atoms with Crippen molar-refractivity contribution in [2.45, 2.75) is 63.0 Å². The predicted molar refractivity (Wildman–Crippen MR) is 128 cm³/mol. The minimum absolute atomic E-state index is 0.00160. The molecule has 1 saturated carbocycles. The Balaban J connectivity index is 1.43. The number of rotatable bonds is 9. The summed E-state index contributed by atoms with van der Waals surface area (Å²) in [5.74, 6) is -0.983. The molecule has 0 spiro atoms. The van der Waals surface area contributed by atoms with Gasteiger partial charge in [-0.3, -0.25) is 4.79 Å². The Morgan fingerprint density at radius 1 is 1.09 bits per heavy atom. The first-order chi connectivity index (χ1) is 16.6. The predicted octanol–water partition coefficient (Wildman–Crippen LogP) is 3.18. The van der Waals surface area contributed by atoms with Gasteiger partial charge >= 0.3 is 5.97 Å². The van der Waals surface area contributed by atoms with Gasteiger partial charge in [0, 0.05) is 18.2 Å². The Labute approximate surface area is 200 Å². The molecule has 0 bridgehead atoms. The van der Waals surface area contributed by atoms with Crippen molar-refractivity contribution in [1.29, 1.82) is 0 Å². The Morgan fingerprint density at radius 2 is 1.88 bits per heavy atom. The molecule has 2 fully saturated rings. The Bertz CT molecular complexity index is 930. The van der Waals surface area contributed by atoms with Crippen LogP contribution >= 0.6 is 0 Å². The van der Waals surface area contributed by atoms with Gasteiger partial charge in [0.05, 0.1) is 12.5 Å². The molecule has 3 N–H and O–H groups in total. The maximum atomic E-state index is 13.3. The van der Waals surface area contributed by atoms with E-state index in [2.05, 4.69) is 20.8 Å². The zero-order chi connectivity index (χ0) is 23.8. The number of nitrogens with zero attached hydrogens (tertiary/aromatic N) is 2. The van der Waals surface area contributed by atoms with Gasteiger partial charge in [-0.05, 0) is 56.3 Å². The minimum atomic E-state index is -1.68. The first-order valence-electron chi connectivity index (χ1n) is 12.4. The van der Waals surface area contributed by atoms with Crippen molar-refractivity contribution in [3.05, 3.63) is 54.2 Å². The van der Waals surface area contributed by atoms with Crippen LogP contribution in [0.2, 0.25) is 0 Å². The van der Waals surface area contributed by atoms with E-state index in [4.69, 9.17) is 4.74 Å². The van der Waals surface area contributed by atoms with E-state index < -0.39 is 17.5 Å². The summed E-state index contributed by atoms with van der Waals surface area (Å²) in [7, 11) is 0. The molecule has 2 aromatic rings. The standard InChI is InChI=1S/C26H34N4O4/c31-24(29-23-14-8-17-28-30-23)21(22-13-7-16-27-22)15-18-34-25(32)26(33,19-9-3-1-4-10-19)20-11-5-2-6-12-20/h1,3-4,8-10,14,17,20-22,27,33H,2,5-7,11-13,15-16,18H2,(H,29,30,31)/t21?,22-,26?/m1/s1. The van der Waals surface area contributed by atoms with Gasteiger partial charge in [0.25, 0.3) is 0 Å². The molecule has 8 nitrogen and oxygen atoms in total. The van der Waals surface area contributed by atoms with Crippen LogP contribution in [0.15, 0.2) is 48.7 Å². The molecule has 8 heteroatoms. The van der Waals surface area contributed by atoms with Crippen molar-refractivity contribution in [2.24, 2.45) is 11.8 Å². The average molecular weight is 467 g/mol. The quantitative estimate of drug-likeness (QED) is 0.487. The largest absolute Gasteiger partial charge is 0.463 e. The van der Waals surface area contributed by atoms with Crippen molar-refractivity contribution < 1.29 is 19.4 Å². The SMILES string of the molecule is O=C(Nc1cccnn1)C(CCOC(=O)C(O)(c1ccccc1)C1CCCCC1)[C@H]1CCCN1. The van der Waals surface area contributed by atoms with Crippen LogP contribution in [0, 0.1) is 11.8 Å². The van der Waals surface area contributed by atoms with Gasteiger partial charge in [-0.15, -0.1) is 5.10 Å². The van der Waals surface area contributed by atoms with Crippen LogP contribution in [0.25, 0.3) is 0 Å². The van der Waals surface area contributed by atoms with Crippen molar-refractivity contribution in [1.82, 2.24) is 15.5 Å². The van der Waals surface area contributed by atoms with Gasteiger partial charge in [0.15, 0.2) is 11.4 Å². The fourth-order valence-corrected chi connectivity index (χ4v) is 5.28. The summed E-state index contributed by atoms with van der Waals surface area (Å²) in [6.07, 6.45) is 8.45. The number of hydrogen-bond donors (Lipinski definition) is 3. The summed E-state index contributed by atoms with van der Waals surface area (Å²) in [5, 5.41) is 25.6. The second-order valence-electron chi connectivity index (χ2n) is 9.30. The first kappa shape index (κ1) is 24.3. The first-order valence-corrected chi connectivity index (χ1v) is 12.4. The molecule has 34 heavy (non-hydrogen) atoms. The fraction of sp³-hybridized carbons (Fsp3) is 0.538. The van der Waals surface area contributed by atoms with Gasteiger partial charge in [-0.1, -0.05) is 49.6 Å². The molecule has 1 aliphatic carbocycles. The third-order valence-electron chi connectivity index (χ3n) is 7.13. The molecule has 1 aliphatic heterocycles. The number of nitrogens with one attached hydrogen (secondary N) is 2. The Hall–Kier alpha value is -2.84. The minimum Gasteiger partial charge on any atom is -0.463 e. The molecule has 3 atom stereocenters. The number of aromatic nitrogens is 2. The highest BCUT2D eigenvalue weighted by molar-refractivity contribution is 5.92. The van der Waals surface area contributed by atoms with E-state index >= 15 is 0 Å². The number of anilines is 1. The number of esters is 1. The molecule has 4 rings (SSSR count). The normalized spacial score (nSPS) is 21.4. The lowest BCUT2D eigenvalue weighted by molar-refractivity contribution is -0.176. The van der Waals surface area contributed by atoms with Crippen LogP contribution in [-0.4, -0.2) is 46.4 Å². The second kappa shape index (κ2) is 11.5. The summed E-state index contributed by atoms with van der Waals surface area (Å²) in [6, 6.07) is 12.5. The highest BCUT2D eigenvalue weighted by atomic mass is 16.5. The molecule has 1 amide bonds. The van der Waals surface area contributed by atoms with Gasteiger partial charge in [0.2, 0.25) is 5.91 Å². The van der Waals surface area contributed by atoms with Gasteiger partial charge in [-0.25, -0.2) is 4.79 Å². The topological polar surface area (TPSA) is 113 Å². The lowest BCUT2D eigenvalue weighted by atomic mass is 9.73. The smallest absolute Gasteiger partial charge is 0.343 e. The van der Waals surface area contributed by atoms with Crippen molar-refractivity contribution in [3.8, 4) is 0 Å². The second-order valence-corrected chi connectivity index (χ2v) is 9.30. The summed E-state index contributed by atoms with van der Waals surface area (Å²) in [5.41, 5.74) is -1.11. The highest BCUT2D eigenvalue weighted by Gasteiger charge is 2.47. The molecule has 1 aromatic carbocycles. The number of amides is 1. The molecule has 1 aromatic heterocycles. The Kier molecular flexibility index (Phi) is 8.24. The van der Waals surface area contributed by atoms with Crippen LogP contribution < -0.4 is 10.6 Å². The van der Waals surface area contributed by atoms with Crippen molar-refractivity contribution >= 4 is 17.7 Å². The maximum Gasteiger partial charge on any atom is 0.343 e. The summed E-state index contributed by atoms with van der Waals surface area (Å²) in [4.78, 5) is 26.4. The molecule has 182 valence electrons. The fourth-order valence-electron chi connectivity index (χ4n) is 5.28. The van der Waals surface area contributed by atoms with Gasteiger partial charge < -0.3 is 20.5 Å². The van der Waals surface area contributed by atoms with Crippen LogP contribution in [0.3, 0.4) is 0 Å². The molecule has 2 unspecified atom stereocenters. The number of hydrogen-bond acceptors (Lipinski definition) is 7. The number of ether oxygens (including phenoxy) is 1. The number of benzene rings is 1. The summed E-state index contributed by atoms with van der Waals surface area (Å²) in [6.45, 7) is 0.909. The lowest BCUT2D eigenvalue weighted by Crippen LogP contribution is -2.45. The van der Waals surface area contributed by atoms with E-state index in [1.165, 1.54) is 0 Å². The van der Waals surface area contributed by atoms with E-state index in [1.807, 2.05) is 18.2 Å². The third-order valence-corrected chi connectivity index (χ3v) is 7.13. The van der Waals surface area contributed by atoms with E-state index in [-0.39, 0.29) is 24.5 Å². The Morgan fingerprint density at radius 3 is 2.56 bits per heavy atom. The third kappa shape index (κ3) is 5.62. The molecule has 2 aliphatic rings. The average Bonchev–Trinajstić information content (AvgIpc) is 3.42. The van der Waals surface area contributed by atoms with E-state index in [0.717, 1.165) is 51.5 Å². The molecular formula is C26H34N4O4. The molecule has 0 radical (unpaired) electrons. The van der Waals surface area contributed by atoms with Crippen molar-refractivity contribution in [2.75, 3.05) is 18.5 Å². The van der Waals surface area contributed by atoms with Crippen LogP contribution in [-0.2, 0) is 19.9 Å². The van der Waals surface area contributed by atoms with E-state index in [1.54, 1.807) is 30.5 Å². The molecule has 2 heterocycles. The lowest BCUT2D eigenvalue weighted by Gasteiger charge is -2.37. The monoisotopic (exact) mass is 466 g/mol. The van der Waals surface area contributed by atoms with E-state index in [0.29, 0.717) is 17.8 Å². The van der Waals surface area contributed by atoms with E-state index in [9.17, 15) is 14.7 Å². The number of carbonyl (C=O) groups is 2. The highest BCUT2D eigenvalue weighted by Crippen LogP contribution is 2.40. The molecule has 1 saturated heterocycles. The molecular weight excluding hydrogens is 432 g/mol. The maximum absolute atomic E-state index is 13.3. The zero-order valence-corrected chi connectivity index (χ0v) is 19.5. The van der Waals surface area contributed by atoms with Gasteiger partial charge in [-0.2, -0.15) is 5.10 Å². The van der Waals surface area contributed by atoms with Crippen LogP contribution in [0.1, 0.15) is 56.9 Å². The number of aliphatic hydroxyl groups is 1. The van der Waals surface area contributed by atoms with Crippen molar-refractivity contribution in [3.63, 3.8) is 0 Å². The zero-order valence-electron chi connectivity index (χ0n) is 19.5. The van der Waals surface area contributed by atoms with Gasteiger partial charge in [0.1, 0.15) is 0 Å². The van der Waals surface area contributed by atoms with Crippen LogP contribution in [0.4, 0.5) is 5.82 Å². The summed E-state index contributed by atoms with van der Waals surface area (Å²) >= 11 is 0. The summed E-state index contributed by atoms with van der Waals surface area (Å²) < 4.78 is 5.68. The van der Waals surface area contributed by atoms with Crippen LogP contribution in [0.5, 0.6) is 0 Å².